The number of aromatic amines is 1. The van der Waals surface area contributed by atoms with Gasteiger partial charge in [-0.2, -0.15) is 0 Å². The fraction of sp³-hybridized carbons (Fsp3) is 0.188. The summed E-state index contributed by atoms with van der Waals surface area (Å²) in [5.41, 5.74) is 0.693. The highest BCUT2D eigenvalue weighted by Crippen LogP contribution is 2.29. The molecule has 0 aliphatic heterocycles. The Bertz CT molecular complexity index is 930. The van der Waals surface area contributed by atoms with Crippen LogP contribution in [-0.2, 0) is 4.74 Å². The molecule has 2 aromatic heterocycles. The maximum Gasteiger partial charge on any atom is 0.343 e. The van der Waals surface area contributed by atoms with Crippen molar-refractivity contribution in [3.63, 3.8) is 0 Å². The summed E-state index contributed by atoms with van der Waals surface area (Å²) < 4.78 is 10.2. The first-order valence-corrected chi connectivity index (χ1v) is 6.81. The van der Waals surface area contributed by atoms with Crippen molar-refractivity contribution < 1.29 is 14.3 Å². The molecule has 0 aliphatic rings. The molecule has 0 radical (unpaired) electrons. The first kappa shape index (κ1) is 14.1. The van der Waals surface area contributed by atoms with E-state index in [2.05, 4.69) is 9.97 Å². The molecular formula is C16H14N2O4. The van der Waals surface area contributed by atoms with Crippen molar-refractivity contribution in [1.29, 1.82) is 0 Å². The number of benzene rings is 1. The fourth-order valence-electron chi connectivity index (χ4n) is 2.43. The van der Waals surface area contributed by atoms with Crippen molar-refractivity contribution in [2.45, 2.75) is 6.92 Å². The number of carbonyl (C=O) groups is 1. The standard InChI is InChI=1S/C16H14N2O4/c1-3-22-16(20)10-8-18-14-12(15(10)19)11(21-2)7-9-5-4-6-17-13(9)14/h4-8H,3H2,1-2H3,(H,18,19). The zero-order valence-corrected chi connectivity index (χ0v) is 12.2. The number of hydrogen-bond donors (Lipinski definition) is 1. The van der Waals surface area contributed by atoms with Crippen LogP contribution in [0.2, 0.25) is 0 Å². The van der Waals surface area contributed by atoms with Gasteiger partial charge in [-0.1, -0.05) is 6.07 Å². The van der Waals surface area contributed by atoms with Crippen molar-refractivity contribution in [1.82, 2.24) is 9.97 Å². The molecule has 0 aliphatic carbocycles. The number of methoxy groups -OCH3 is 1. The Labute approximate surface area is 125 Å². The number of rotatable bonds is 3. The monoisotopic (exact) mass is 298 g/mol. The summed E-state index contributed by atoms with van der Waals surface area (Å²) in [6.07, 6.45) is 3.00. The van der Waals surface area contributed by atoms with Crippen molar-refractivity contribution >= 4 is 27.8 Å². The molecule has 0 fully saturated rings. The van der Waals surface area contributed by atoms with Gasteiger partial charge in [-0.05, 0) is 19.1 Å². The van der Waals surface area contributed by atoms with Gasteiger partial charge in [-0.3, -0.25) is 9.78 Å². The van der Waals surface area contributed by atoms with Crippen LogP contribution in [0.3, 0.4) is 0 Å². The van der Waals surface area contributed by atoms with E-state index in [0.29, 0.717) is 22.2 Å². The zero-order chi connectivity index (χ0) is 15.7. The lowest BCUT2D eigenvalue weighted by atomic mass is 10.1. The van der Waals surface area contributed by atoms with Gasteiger partial charge < -0.3 is 14.5 Å². The van der Waals surface area contributed by atoms with Gasteiger partial charge in [0.15, 0.2) is 0 Å². The van der Waals surface area contributed by atoms with E-state index in [0.717, 1.165) is 5.39 Å². The summed E-state index contributed by atoms with van der Waals surface area (Å²) in [4.78, 5) is 31.8. The highest BCUT2D eigenvalue weighted by molar-refractivity contribution is 6.07. The molecule has 1 aromatic carbocycles. The van der Waals surface area contributed by atoms with Crippen molar-refractivity contribution in [3.05, 3.63) is 46.4 Å². The molecule has 3 aromatic rings. The van der Waals surface area contributed by atoms with Gasteiger partial charge in [-0.15, -0.1) is 0 Å². The molecule has 112 valence electrons. The lowest BCUT2D eigenvalue weighted by Crippen LogP contribution is -2.18. The number of aromatic nitrogens is 2. The predicted molar refractivity (Wildman–Crippen MR) is 82.4 cm³/mol. The van der Waals surface area contributed by atoms with Crippen molar-refractivity contribution in [2.75, 3.05) is 13.7 Å². The number of esters is 1. The van der Waals surface area contributed by atoms with E-state index in [9.17, 15) is 9.59 Å². The Hall–Kier alpha value is -2.89. The summed E-state index contributed by atoms with van der Waals surface area (Å²) in [6.45, 7) is 1.89. The highest BCUT2D eigenvalue weighted by Gasteiger charge is 2.18. The summed E-state index contributed by atoms with van der Waals surface area (Å²) >= 11 is 0. The minimum absolute atomic E-state index is 0.0528. The number of H-pyrrole nitrogens is 1. The Morgan fingerprint density at radius 3 is 2.95 bits per heavy atom. The molecule has 6 nitrogen and oxygen atoms in total. The predicted octanol–water partition coefficient (Wildman–Crippen LogP) is 2.26. The fourth-order valence-corrected chi connectivity index (χ4v) is 2.43. The molecule has 0 bridgehead atoms. The zero-order valence-electron chi connectivity index (χ0n) is 12.2. The molecule has 0 saturated heterocycles. The number of fused-ring (bicyclic) bond motifs is 3. The molecule has 0 amide bonds. The van der Waals surface area contributed by atoms with E-state index in [1.807, 2.05) is 6.07 Å². The van der Waals surface area contributed by atoms with Gasteiger partial charge in [0, 0.05) is 17.8 Å². The van der Waals surface area contributed by atoms with Crippen LogP contribution in [0.15, 0.2) is 35.4 Å². The molecule has 2 heterocycles. The number of ether oxygens (including phenoxy) is 2. The molecule has 0 spiro atoms. The third-order valence-corrected chi connectivity index (χ3v) is 3.41. The molecule has 0 saturated carbocycles. The van der Waals surface area contributed by atoms with Crippen LogP contribution in [0.25, 0.3) is 21.8 Å². The SMILES string of the molecule is CCOC(=O)c1c[nH]c2c(c(OC)cc3cccnc32)c1=O. The minimum Gasteiger partial charge on any atom is -0.496 e. The first-order valence-electron chi connectivity index (χ1n) is 6.81. The number of pyridine rings is 2. The van der Waals surface area contributed by atoms with Gasteiger partial charge >= 0.3 is 5.97 Å². The normalized spacial score (nSPS) is 10.8. The van der Waals surface area contributed by atoms with Gasteiger partial charge in [-0.25, -0.2) is 4.79 Å². The lowest BCUT2D eigenvalue weighted by molar-refractivity contribution is 0.0524. The van der Waals surface area contributed by atoms with E-state index in [-0.39, 0.29) is 12.2 Å². The van der Waals surface area contributed by atoms with Crippen LogP contribution in [-0.4, -0.2) is 29.7 Å². The maximum absolute atomic E-state index is 12.6. The lowest BCUT2D eigenvalue weighted by Gasteiger charge is -2.09. The van der Waals surface area contributed by atoms with E-state index in [1.165, 1.54) is 13.3 Å². The summed E-state index contributed by atoms with van der Waals surface area (Å²) in [6, 6.07) is 5.41. The minimum atomic E-state index is -0.658. The van der Waals surface area contributed by atoms with Gasteiger partial charge in [0.25, 0.3) is 0 Å². The summed E-state index contributed by atoms with van der Waals surface area (Å²) in [7, 11) is 1.48. The van der Waals surface area contributed by atoms with Crippen molar-refractivity contribution in [2.24, 2.45) is 0 Å². The summed E-state index contributed by atoms with van der Waals surface area (Å²) in [5, 5.41) is 1.13. The van der Waals surface area contributed by atoms with Crippen LogP contribution in [0.1, 0.15) is 17.3 Å². The quantitative estimate of drug-likeness (QED) is 0.592. The number of hydrogen-bond acceptors (Lipinski definition) is 5. The van der Waals surface area contributed by atoms with Gasteiger partial charge in [0.2, 0.25) is 5.43 Å². The molecule has 6 heteroatoms. The van der Waals surface area contributed by atoms with Crippen LogP contribution in [0.5, 0.6) is 5.75 Å². The second-order valence-corrected chi connectivity index (χ2v) is 4.66. The molecule has 0 atom stereocenters. The second-order valence-electron chi connectivity index (χ2n) is 4.66. The average Bonchev–Trinajstić information content (AvgIpc) is 2.54. The Kier molecular flexibility index (Phi) is 3.50. The van der Waals surface area contributed by atoms with Crippen molar-refractivity contribution in [3.8, 4) is 5.75 Å². The van der Waals surface area contributed by atoms with Gasteiger partial charge in [0.1, 0.15) is 11.3 Å². The molecule has 0 unspecified atom stereocenters. The Balaban J connectivity index is 2.41. The van der Waals surface area contributed by atoms with Crippen LogP contribution >= 0.6 is 0 Å². The number of nitrogens with zero attached hydrogens (tertiary/aromatic N) is 1. The Morgan fingerprint density at radius 1 is 1.41 bits per heavy atom. The van der Waals surface area contributed by atoms with E-state index < -0.39 is 11.4 Å². The Morgan fingerprint density at radius 2 is 2.23 bits per heavy atom. The molecule has 22 heavy (non-hydrogen) atoms. The number of nitrogens with one attached hydrogen (secondary N) is 1. The molecule has 3 rings (SSSR count). The highest BCUT2D eigenvalue weighted by atomic mass is 16.5. The molecule has 1 N–H and O–H groups in total. The van der Waals surface area contributed by atoms with Gasteiger partial charge in [0.05, 0.1) is 30.1 Å². The van der Waals surface area contributed by atoms with Crippen LogP contribution in [0, 0.1) is 0 Å². The van der Waals surface area contributed by atoms with Crippen LogP contribution in [0.4, 0.5) is 0 Å². The van der Waals surface area contributed by atoms with Crippen LogP contribution < -0.4 is 10.2 Å². The second kappa shape index (κ2) is 5.48. The molecular weight excluding hydrogens is 284 g/mol. The first-order chi connectivity index (χ1) is 10.7. The largest absolute Gasteiger partial charge is 0.496 e. The summed E-state index contributed by atoms with van der Waals surface area (Å²) in [5.74, 6) is -0.267. The smallest absolute Gasteiger partial charge is 0.343 e. The number of carbonyl (C=O) groups excluding carboxylic acids is 1. The van der Waals surface area contributed by atoms with E-state index in [1.54, 1.807) is 25.3 Å². The van der Waals surface area contributed by atoms with E-state index >= 15 is 0 Å². The maximum atomic E-state index is 12.6. The van der Waals surface area contributed by atoms with E-state index in [4.69, 9.17) is 9.47 Å². The topological polar surface area (TPSA) is 81.3 Å². The average molecular weight is 298 g/mol. The third-order valence-electron chi connectivity index (χ3n) is 3.41. The third kappa shape index (κ3) is 2.09.